The third-order valence-electron chi connectivity index (χ3n) is 2.27. The number of hydrogen-bond donors (Lipinski definition) is 1. The van der Waals surface area contributed by atoms with E-state index in [9.17, 15) is 13.2 Å². The highest BCUT2D eigenvalue weighted by Crippen LogP contribution is 2.34. The minimum atomic E-state index is -4.32. The van der Waals surface area contributed by atoms with Crippen molar-refractivity contribution >= 4 is 0 Å². The van der Waals surface area contributed by atoms with Crippen molar-refractivity contribution in [3.05, 3.63) is 35.4 Å². The maximum atomic E-state index is 12.6. The average molecular weight is 217 g/mol. The molecule has 2 N–H and O–H groups in total. The van der Waals surface area contributed by atoms with Crippen LogP contribution in [0.4, 0.5) is 13.2 Å². The van der Waals surface area contributed by atoms with E-state index in [4.69, 9.17) is 5.73 Å². The Balaban J connectivity index is 3.06. The first-order valence-corrected chi connectivity index (χ1v) is 4.88. The first kappa shape index (κ1) is 12.0. The number of halogens is 3. The molecular formula is C11H14F3N. The van der Waals surface area contributed by atoms with Gasteiger partial charge in [0.15, 0.2) is 0 Å². The zero-order chi connectivity index (χ0) is 11.5. The van der Waals surface area contributed by atoms with Crippen molar-refractivity contribution in [1.82, 2.24) is 0 Å². The zero-order valence-electron chi connectivity index (χ0n) is 8.51. The molecule has 1 rings (SSSR count). The normalized spacial score (nSPS) is 13.9. The molecule has 0 fully saturated rings. The fourth-order valence-electron chi connectivity index (χ4n) is 1.55. The van der Waals surface area contributed by atoms with Crippen molar-refractivity contribution in [3.8, 4) is 0 Å². The van der Waals surface area contributed by atoms with Gasteiger partial charge < -0.3 is 5.73 Å². The van der Waals surface area contributed by atoms with E-state index in [0.29, 0.717) is 6.42 Å². The molecule has 0 aliphatic rings. The van der Waals surface area contributed by atoms with E-state index in [2.05, 4.69) is 0 Å². The summed E-state index contributed by atoms with van der Waals surface area (Å²) in [6.07, 6.45) is -2.98. The maximum Gasteiger partial charge on any atom is 0.416 e. The molecule has 0 aliphatic carbocycles. The van der Waals surface area contributed by atoms with Crippen LogP contribution in [0.2, 0.25) is 0 Å². The summed E-state index contributed by atoms with van der Waals surface area (Å²) in [4.78, 5) is 0. The van der Waals surface area contributed by atoms with Crippen LogP contribution in [0, 0.1) is 0 Å². The highest BCUT2D eigenvalue weighted by atomic mass is 19.4. The van der Waals surface area contributed by atoms with E-state index >= 15 is 0 Å². The molecule has 0 aliphatic heterocycles. The molecule has 0 bridgehead atoms. The Labute approximate surface area is 87.1 Å². The Kier molecular flexibility index (Phi) is 3.74. The molecular weight excluding hydrogens is 203 g/mol. The minimum absolute atomic E-state index is 0.187. The third kappa shape index (κ3) is 2.96. The summed E-state index contributed by atoms with van der Waals surface area (Å²) in [5.41, 5.74) is 5.27. The van der Waals surface area contributed by atoms with Gasteiger partial charge in [0.1, 0.15) is 0 Å². The van der Waals surface area contributed by atoms with Gasteiger partial charge in [-0.25, -0.2) is 0 Å². The van der Waals surface area contributed by atoms with Crippen molar-refractivity contribution in [2.45, 2.75) is 32.0 Å². The lowest BCUT2D eigenvalue weighted by Crippen LogP contribution is -2.17. The molecule has 1 aromatic carbocycles. The topological polar surface area (TPSA) is 26.0 Å². The lowest BCUT2D eigenvalue weighted by atomic mass is 9.97. The summed E-state index contributed by atoms with van der Waals surface area (Å²) in [7, 11) is 0. The summed E-state index contributed by atoms with van der Waals surface area (Å²) < 4.78 is 37.8. The molecule has 0 heterocycles. The van der Waals surface area contributed by atoms with Gasteiger partial charge in [-0.3, -0.25) is 0 Å². The van der Waals surface area contributed by atoms with E-state index in [1.54, 1.807) is 6.07 Å². The molecule has 0 aromatic heterocycles. The Morgan fingerprint density at radius 3 is 2.40 bits per heavy atom. The van der Waals surface area contributed by atoms with Crippen molar-refractivity contribution < 1.29 is 13.2 Å². The number of rotatable bonds is 3. The molecule has 0 spiro atoms. The van der Waals surface area contributed by atoms with Crippen molar-refractivity contribution in [1.29, 1.82) is 0 Å². The third-order valence-corrected chi connectivity index (χ3v) is 2.27. The van der Waals surface area contributed by atoms with Crippen molar-refractivity contribution in [2.75, 3.05) is 0 Å². The van der Waals surface area contributed by atoms with E-state index in [0.717, 1.165) is 12.5 Å². The second-order valence-electron chi connectivity index (χ2n) is 3.48. The monoisotopic (exact) mass is 217 g/mol. The number of benzene rings is 1. The number of hydrogen-bond acceptors (Lipinski definition) is 1. The fourth-order valence-corrected chi connectivity index (χ4v) is 1.55. The van der Waals surface area contributed by atoms with Gasteiger partial charge in [0.2, 0.25) is 0 Å². The highest BCUT2D eigenvalue weighted by Gasteiger charge is 2.33. The SMILES string of the molecule is CCC[C@@H](N)c1ccccc1C(F)(F)F. The maximum absolute atomic E-state index is 12.6. The molecule has 1 nitrogen and oxygen atoms in total. The largest absolute Gasteiger partial charge is 0.416 e. The Morgan fingerprint density at radius 2 is 1.87 bits per heavy atom. The van der Waals surface area contributed by atoms with E-state index < -0.39 is 17.8 Å². The van der Waals surface area contributed by atoms with Gasteiger partial charge >= 0.3 is 6.18 Å². The average Bonchev–Trinajstić information content (AvgIpc) is 2.17. The predicted octanol–water partition coefficient (Wildman–Crippen LogP) is 3.51. The zero-order valence-corrected chi connectivity index (χ0v) is 8.51. The van der Waals surface area contributed by atoms with Crippen LogP contribution >= 0.6 is 0 Å². The standard InChI is InChI=1S/C11H14F3N/c1-2-5-10(15)8-6-3-4-7-9(8)11(12,13)14/h3-4,6-7,10H,2,5,15H2,1H3/t10-/m1/s1. The van der Waals surface area contributed by atoms with E-state index in [-0.39, 0.29) is 5.56 Å². The molecule has 1 atom stereocenters. The summed E-state index contributed by atoms with van der Waals surface area (Å²) in [5, 5.41) is 0. The summed E-state index contributed by atoms with van der Waals surface area (Å²) >= 11 is 0. The number of nitrogens with two attached hydrogens (primary N) is 1. The second kappa shape index (κ2) is 4.66. The van der Waals surface area contributed by atoms with Crippen LogP contribution < -0.4 is 5.73 Å². The van der Waals surface area contributed by atoms with Crippen LogP contribution in [-0.2, 0) is 6.18 Å². The van der Waals surface area contributed by atoms with Crippen LogP contribution in [-0.4, -0.2) is 0 Å². The van der Waals surface area contributed by atoms with E-state index in [1.165, 1.54) is 12.1 Å². The van der Waals surface area contributed by atoms with Crippen molar-refractivity contribution in [3.63, 3.8) is 0 Å². The first-order chi connectivity index (χ1) is 6.96. The summed E-state index contributed by atoms with van der Waals surface area (Å²) in [6, 6.07) is 4.95. The predicted molar refractivity (Wildman–Crippen MR) is 53.3 cm³/mol. The van der Waals surface area contributed by atoms with Gasteiger partial charge in [0, 0.05) is 6.04 Å². The fraction of sp³-hybridized carbons (Fsp3) is 0.455. The Morgan fingerprint density at radius 1 is 1.27 bits per heavy atom. The molecule has 0 unspecified atom stereocenters. The van der Waals surface area contributed by atoms with Crippen LogP contribution in [0.15, 0.2) is 24.3 Å². The van der Waals surface area contributed by atoms with Gasteiger partial charge in [-0.05, 0) is 18.1 Å². The van der Waals surface area contributed by atoms with Crippen LogP contribution in [0.25, 0.3) is 0 Å². The first-order valence-electron chi connectivity index (χ1n) is 4.88. The van der Waals surface area contributed by atoms with Gasteiger partial charge in [-0.15, -0.1) is 0 Å². The van der Waals surface area contributed by atoms with Crippen molar-refractivity contribution in [2.24, 2.45) is 5.73 Å². The van der Waals surface area contributed by atoms with Gasteiger partial charge in [0.05, 0.1) is 5.56 Å². The van der Waals surface area contributed by atoms with Gasteiger partial charge in [-0.1, -0.05) is 31.5 Å². The van der Waals surface area contributed by atoms with Gasteiger partial charge in [-0.2, -0.15) is 13.2 Å². The molecule has 84 valence electrons. The molecule has 0 saturated carbocycles. The van der Waals surface area contributed by atoms with Crippen LogP contribution in [0.3, 0.4) is 0 Å². The second-order valence-corrected chi connectivity index (χ2v) is 3.48. The lowest BCUT2D eigenvalue weighted by molar-refractivity contribution is -0.138. The van der Waals surface area contributed by atoms with Gasteiger partial charge in [0.25, 0.3) is 0 Å². The van der Waals surface area contributed by atoms with E-state index in [1.807, 2.05) is 6.92 Å². The number of alkyl halides is 3. The van der Waals surface area contributed by atoms with Crippen LogP contribution in [0.5, 0.6) is 0 Å². The molecule has 4 heteroatoms. The molecule has 0 saturated heterocycles. The molecule has 15 heavy (non-hydrogen) atoms. The molecule has 1 aromatic rings. The quantitative estimate of drug-likeness (QED) is 0.823. The summed E-state index contributed by atoms with van der Waals surface area (Å²) in [6.45, 7) is 1.90. The Bertz CT molecular complexity index is 320. The van der Waals surface area contributed by atoms with Crippen LogP contribution in [0.1, 0.15) is 36.9 Å². The smallest absolute Gasteiger partial charge is 0.324 e. The molecule has 0 amide bonds. The lowest BCUT2D eigenvalue weighted by Gasteiger charge is -2.17. The molecule has 0 radical (unpaired) electrons. The minimum Gasteiger partial charge on any atom is -0.324 e. The summed E-state index contributed by atoms with van der Waals surface area (Å²) in [5.74, 6) is 0. The Hall–Kier alpha value is -1.03. The highest BCUT2D eigenvalue weighted by molar-refractivity contribution is 5.32.